The molecule has 0 unspecified atom stereocenters. The van der Waals surface area contributed by atoms with Gasteiger partial charge in [0.05, 0.1) is 7.11 Å². The SMILES string of the molecule is COC(=O)[C@@H](NC(=O)[C@@H](NC(=O)[C@@H]1CCCN1C(=O)[C@H](Cc1ccccc1F)NC(=O)OCC1c2ccccc2-c2ccccc21)C(C)C)C(C)C. The molecule has 3 aromatic carbocycles. The molecular formula is C40H47FN4O7. The molecule has 52 heavy (non-hydrogen) atoms. The number of likely N-dealkylation sites (tertiary alicyclic amines) is 1. The van der Waals surface area contributed by atoms with Crippen LogP contribution in [0, 0.1) is 17.7 Å². The van der Waals surface area contributed by atoms with Crippen LogP contribution in [0.25, 0.3) is 11.1 Å². The van der Waals surface area contributed by atoms with E-state index < -0.39 is 59.8 Å². The topological polar surface area (TPSA) is 143 Å². The molecule has 4 amide bonds. The molecule has 1 saturated heterocycles. The first kappa shape index (κ1) is 38.0. The lowest BCUT2D eigenvalue weighted by atomic mass is 9.98. The third kappa shape index (κ3) is 8.43. The largest absolute Gasteiger partial charge is 0.467 e. The molecule has 1 fully saturated rings. The Hall–Kier alpha value is -5.26. The van der Waals surface area contributed by atoms with E-state index in [1.54, 1.807) is 33.8 Å². The lowest BCUT2D eigenvalue weighted by molar-refractivity contribution is -0.147. The van der Waals surface area contributed by atoms with Crippen LogP contribution >= 0.6 is 0 Å². The van der Waals surface area contributed by atoms with Gasteiger partial charge in [0.1, 0.15) is 36.6 Å². The number of benzene rings is 3. The Morgan fingerprint density at radius 3 is 2.00 bits per heavy atom. The second-order valence-electron chi connectivity index (χ2n) is 14.0. The van der Waals surface area contributed by atoms with Crippen molar-refractivity contribution in [2.45, 2.75) is 77.0 Å². The molecule has 1 aliphatic carbocycles. The molecule has 1 heterocycles. The molecule has 1 aliphatic heterocycles. The summed E-state index contributed by atoms with van der Waals surface area (Å²) in [4.78, 5) is 68.3. The maximum Gasteiger partial charge on any atom is 0.407 e. The number of ether oxygens (including phenoxy) is 2. The minimum absolute atomic E-state index is 0.0154. The molecule has 0 radical (unpaired) electrons. The monoisotopic (exact) mass is 714 g/mol. The van der Waals surface area contributed by atoms with Gasteiger partial charge >= 0.3 is 12.1 Å². The molecule has 276 valence electrons. The van der Waals surface area contributed by atoms with Gasteiger partial charge in [-0.05, 0) is 58.6 Å². The predicted molar refractivity (Wildman–Crippen MR) is 192 cm³/mol. The van der Waals surface area contributed by atoms with Gasteiger partial charge in [-0.3, -0.25) is 14.4 Å². The van der Waals surface area contributed by atoms with Gasteiger partial charge in [0.15, 0.2) is 0 Å². The van der Waals surface area contributed by atoms with E-state index in [9.17, 15) is 28.4 Å². The van der Waals surface area contributed by atoms with E-state index in [1.807, 2.05) is 48.5 Å². The fraction of sp³-hybridized carbons (Fsp3) is 0.425. The van der Waals surface area contributed by atoms with Crippen LogP contribution < -0.4 is 16.0 Å². The van der Waals surface area contributed by atoms with Gasteiger partial charge in [-0.25, -0.2) is 14.0 Å². The number of hydrogen-bond donors (Lipinski definition) is 3. The summed E-state index contributed by atoms with van der Waals surface area (Å²) in [5.74, 6) is -3.66. The average Bonchev–Trinajstić information content (AvgIpc) is 3.75. The first-order valence-electron chi connectivity index (χ1n) is 17.7. The van der Waals surface area contributed by atoms with Crippen LogP contribution in [0.15, 0.2) is 72.8 Å². The molecule has 0 spiro atoms. The summed E-state index contributed by atoms with van der Waals surface area (Å²) in [6.07, 6.45) is -0.212. The number of alkyl carbamates (subject to hydrolysis) is 1. The van der Waals surface area contributed by atoms with E-state index in [0.717, 1.165) is 22.3 Å². The summed E-state index contributed by atoms with van der Waals surface area (Å²) in [6, 6.07) is 17.7. The zero-order valence-corrected chi connectivity index (χ0v) is 30.2. The molecule has 3 N–H and O–H groups in total. The molecule has 4 atom stereocenters. The number of methoxy groups -OCH3 is 1. The third-order valence-electron chi connectivity index (χ3n) is 9.82. The number of carbonyl (C=O) groups is 5. The first-order valence-corrected chi connectivity index (χ1v) is 17.7. The molecule has 5 rings (SSSR count). The van der Waals surface area contributed by atoms with Crippen molar-refractivity contribution in [3.8, 4) is 11.1 Å². The van der Waals surface area contributed by atoms with Gasteiger partial charge in [-0.1, -0.05) is 94.4 Å². The molecule has 2 aliphatic rings. The molecule has 0 aromatic heterocycles. The fourth-order valence-electron chi connectivity index (χ4n) is 7.02. The Kier molecular flexibility index (Phi) is 12.3. The average molecular weight is 715 g/mol. The Labute approximate surface area is 303 Å². The highest BCUT2D eigenvalue weighted by Gasteiger charge is 2.40. The fourth-order valence-corrected chi connectivity index (χ4v) is 7.02. The van der Waals surface area contributed by atoms with E-state index >= 15 is 0 Å². The number of fused-ring (bicyclic) bond motifs is 3. The van der Waals surface area contributed by atoms with Gasteiger partial charge in [-0.2, -0.15) is 0 Å². The summed E-state index contributed by atoms with van der Waals surface area (Å²) in [5, 5.41) is 8.14. The van der Waals surface area contributed by atoms with Crippen molar-refractivity contribution in [2.24, 2.45) is 11.8 Å². The summed E-state index contributed by atoms with van der Waals surface area (Å²) in [5.41, 5.74) is 4.40. The highest BCUT2D eigenvalue weighted by atomic mass is 19.1. The van der Waals surface area contributed by atoms with Crippen molar-refractivity contribution in [3.63, 3.8) is 0 Å². The number of halogens is 1. The predicted octanol–water partition coefficient (Wildman–Crippen LogP) is 4.72. The van der Waals surface area contributed by atoms with E-state index in [4.69, 9.17) is 9.47 Å². The Morgan fingerprint density at radius 1 is 0.808 bits per heavy atom. The molecular weight excluding hydrogens is 667 g/mol. The van der Waals surface area contributed by atoms with E-state index in [2.05, 4.69) is 16.0 Å². The van der Waals surface area contributed by atoms with E-state index in [-0.39, 0.29) is 42.9 Å². The second-order valence-corrected chi connectivity index (χ2v) is 14.0. The van der Waals surface area contributed by atoms with Gasteiger partial charge in [0, 0.05) is 18.9 Å². The van der Waals surface area contributed by atoms with E-state index in [1.165, 1.54) is 30.2 Å². The quantitative estimate of drug-likeness (QED) is 0.218. The van der Waals surface area contributed by atoms with Crippen molar-refractivity contribution < 1.29 is 37.8 Å². The van der Waals surface area contributed by atoms with Crippen molar-refractivity contribution in [2.75, 3.05) is 20.3 Å². The highest BCUT2D eigenvalue weighted by Crippen LogP contribution is 2.44. The lowest BCUT2D eigenvalue weighted by Crippen LogP contribution is -2.59. The lowest BCUT2D eigenvalue weighted by Gasteiger charge is -2.31. The van der Waals surface area contributed by atoms with Crippen molar-refractivity contribution in [1.82, 2.24) is 20.9 Å². The van der Waals surface area contributed by atoms with Crippen molar-refractivity contribution >= 4 is 29.8 Å². The number of rotatable bonds is 13. The summed E-state index contributed by atoms with van der Waals surface area (Å²) in [6.45, 7) is 7.28. The maximum atomic E-state index is 14.9. The van der Waals surface area contributed by atoms with Crippen molar-refractivity contribution in [3.05, 3.63) is 95.3 Å². The summed E-state index contributed by atoms with van der Waals surface area (Å²) < 4.78 is 25.4. The molecule has 11 nitrogen and oxygen atoms in total. The van der Waals surface area contributed by atoms with Gasteiger partial charge in [-0.15, -0.1) is 0 Å². The Bertz CT molecular complexity index is 1750. The van der Waals surface area contributed by atoms with Crippen LogP contribution in [0.1, 0.15) is 63.1 Å². The molecule has 12 heteroatoms. The number of amides is 4. The second kappa shape index (κ2) is 16.8. The van der Waals surface area contributed by atoms with Gasteiger partial charge < -0.3 is 30.3 Å². The standard InChI is InChI=1S/C40H47FN4O7/c1-23(2)34(37(47)44-35(24(3)4)39(49)51-5)43-36(46)33-19-12-20-45(33)38(48)32(21-25-13-6-11-18-31(25)41)42-40(50)52-22-30-28-16-9-7-14-26(28)27-15-8-10-17-29(27)30/h6-11,13-18,23-24,30,32-35H,12,19-22H2,1-5H3,(H,42,50)(H,43,46)(H,44,47)/t32-,33-,34-,35-/m0/s1. The Balaban J connectivity index is 1.31. The zero-order valence-electron chi connectivity index (χ0n) is 30.2. The number of esters is 1. The number of carbonyl (C=O) groups excluding carboxylic acids is 5. The van der Waals surface area contributed by atoms with Gasteiger partial charge in [0.2, 0.25) is 17.7 Å². The van der Waals surface area contributed by atoms with Crippen LogP contribution in [-0.2, 0) is 35.1 Å². The minimum Gasteiger partial charge on any atom is -0.467 e. The van der Waals surface area contributed by atoms with Crippen LogP contribution in [0.4, 0.5) is 9.18 Å². The normalized spacial score (nSPS) is 16.8. The zero-order chi connectivity index (χ0) is 37.5. The molecule has 0 saturated carbocycles. The molecule has 3 aromatic rings. The van der Waals surface area contributed by atoms with Crippen LogP contribution in [0.3, 0.4) is 0 Å². The van der Waals surface area contributed by atoms with Crippen molar-refractivity contribution in [1.29, 1.82) is 0 Å². The number of nitrogens with zero attached hydrogens (tertiary/aromatic N) is 1. The maximum absolute atomic E-state index is 14.9. The summed E-state index contributed by atoms with van der Waals surface area (Å²) in [7, 11) is 1.24. The van der Waals surface area contributed by atoms with Crippen LogP contribution in [-0.4, -0.2) is 79.1 Å². The Morgan fingerprint density at radius 2 is 1.40 bits per heavy atom. The number of nitrogens with one attached hydrogen (secondary N) is 3. The summed E-state index contributed by atoms with van der Waals surface area (Å²) >= 11 is 0. The van der Waals surface area contributed by atoms with Crippen LogP contribution in [0.5, 0.6) is 0 Å². The highest BCUT2D eigenvalue weighted by molar-refractivity contribution is 5.95. The van der Waals surface area contributed by atoms with Crippen LogP contribution in [0.2, 0.25) is 0 Å². The number of hydrogen-bond acceptors (Lipinski definition) is 7. The minimum atomic E-state index is -1.25. The third-order valence-corrected chi connectivity index (χ3v) is 9.82. The van der Waals surface area contributed by atoms with E-state index in [0.29, 0.717) is 12.8 Å². The first-order chi connectivity index (χ1) is 24.9. The molecule has 0 bridgehead atoms. The smallest absolute Gasteiger partial charge is 0.407 e. The van der Waals surface area contributed by atoms with Gasteiger partial charge in [0.25, 0.3) is 0 Å².